The van der Waals surface area contributed by atoms with Crippen LogP contribution in [0.3, 0.4) is 0 Å². The minimum Gasteiger partial charge on any atom is -0.338 e. The molecule has 0 bridgehead atoms. The van der Waals surface area contributed by atoms with Gasteiger partial charge in [-0.3, -0.25) is 9.59 Å². The maximum Gasteiger partial charge on any atom is 0.263 e. The van der Waals surface area contributed by atoms with Gasteiger partial charge in [0.05, 0.1) is 0 Å². The Bertz CT molecular complexity index is 430. The van der Waals surface area contributed by atoms with Gasteiger partial charge in [-0.2, -0.15) is 0 Å². The lowest BCUT2D eigenvalue weighted by Crippen LogP contribution is -2.34. The van der Waals surface area contributed by atoms with E-state index in [4.69, 9.17) is 0 Å². The Kier molecular flexibility index (Phi) is 2.58. The molecule has 1 aliphatic heterocycles. The van der Waals surface area contributed by atoms with Crippen LogP contribution < -0.4 is 5.56 Å². The van der Waals surface area contributed by atoms with E-state index in [0.29, 0.717) is 0 Å². The third kappa shape index (κ3) is 1.79. The number of likely N-dealkylation sites (tertiary alicyclic amines) is 1. The minimum absolute atomic E-state index is 0.131. The molecule has 15 heavy (non-hydrogen) atoms. The Morgan fingerprint density at radius 1 is 1.33 bits per heavy atom. The highest BCUT2D eigenvalue weighted by Gasteiger charge is 2.21. The summed E-state index contributed by atoms with van der Waals surface area (Å²) in [6.07, 6.45) is 3.74. The molecule has 0 spiro atoms. The van der Waals surface area contributed by atoms with Gasteiger partial charge in [0.2, 0.25) is 0 Å². The molecule has 2 heterocycles. The second kappa shape index (κ2) is 3.88. The molecule has 1 saturated heterocycles. The van der Waals surface area contributed by atoms with Crippen LogP contribution in [-0.2, 0) is 7.05 Å². The number of carbonyl (C=O) groups is 1. The fraction of sp³-hybridized carbons (Fsp3) is 0.455. The first kappa shape index (κ1) is 9.96. The quantitative estimate of drug-likeness (QED) is 0.676. The van der Waals surface area contributed by atoms with Gasteiger partial charge in [-0.15, -0.1) is 0 Å². The maximum atomic E-state index is 11.9. The molecule has 0 N–H and O–H groups in total. The first-order valence-corrected chi connectivity index (χ1v) is 5.15. The normalized spacial score (nSPS) is 15.7. The van der Waals surface area contributed by atoms with Crippen molar-refractivity contribution in [1.82, 2.24) is 9.47 Å². The number of rotatable bonds is 1. The van der Waals surface area contributed by atoms with Crippen molar-refractivity contribution in [3.63, 3.8) is 0 Å². The van der Waals surface area contributed by atoms with Gasteiger partial charge in [0.1, 0.15) is 5.56 Å². The summed E-state index contributed by atoms with van der Waals surface area (Å²) in [4.78, 5) is 25.4. The Morgan fingerprint density at radius 2 is 2.00 bits per heavy atom. The number of aryl methyl sites for hydroxylation is 1. The zero-order valence-electron chi connectivity index (χ0n) is 8.77. The number of nitrogens with zero attached hydrogens (tertiary/aromatic N) is 2. The molecular weight excluding hydrogens is 192 g/mol. The van der Waals surface area contributed by atoms with Crippen LogP contribution in [0.15, 0.2) is 23.1 Å². The van der Waals surface area contributed by atoms with Crippen molar-refractivity contribution in [2.45, 2.75) is 12.8 Å². The molecule has 4 heteroatoms. The van der Waals surface area contributed by atoms with Crippen LogP contribution in [0.4, 0.5) is 0 Å². The fourth-order valence-corrected chi connectivity index (χ4v) is 1.85. The first-order chi connectivity index (χ1) is 7.20. The molecule has 1 aromatic rings. The van der Waals surface area contributed by atoms with Crippen molar-refractivity contribution < 1.29 is 4.79 Å². The molecule has 4 nitrogen and oxygen atoms in total. The lowest BCUT2D eigenvalue weighted by Gasteiger charge is -2.14. The van der Waals surface area contributed by atoms with Gasteiger partial charge in [-0.1, -0.05) is 0 Å². The highest BCUT2D eigenvalue weighted by molar-refractivity contribution is 5.93. The first-order valence-electron chi connectivity index (χ1n) is 5.15. The summed E-state index contributed by atoms with van der Waals surface area (Å²) in [7, 11) is 1.66. The van der Waals surface area contributed by atoms with Crippen LogP contribution in [-0.4, -0.2) is 28.5 Å². The standard InChI is InChI=1S/C11H14N2O2/c1-12-6-4-5-9(10(12)14)11(15)13-7-2-3-8-13/h4-6H,2-3,7-8H2,1H3. The monoisotopic (exact) mass is 206 g/mol. The van der Waals surface area contributed by atoms with E-state index in [-0.39, 0.29) is 17.0 Å². The van der Waals surface area contributed by atoms with E-state index in [9.17, 15) is 9.59 Å². The van der Waals surface area contributed by atoms with Gasteiger partial charge < -0.3 is 9.47 Å². The number of carbonyl (C=O) groups excluding carboxylic acids is 1. The van der Waals surface area contributed by atoms with Crippen molar-refractivity contribution in [2.75, 3.05) is 13.1 Å². The topological polar surface area (TPSA) is 42.3 Å². The van der Waals surface area contributed by atoms with E-state index in [2.05, 4.69) is 0 Å². The Labute approximate surface area is 88.1 Å². The molecule has 0 atom stereocenters. The second-order valence-corrected chi connectivity index (χ2v) is 3.84. The number of hydrogen-bond acceptors (Lipinski definition) is 2. The number of amides is 1. The number of hydrogen-bond donors (Lipinski definition) is 0. The molecule has 0 radical (unpaired) electrons. The Morgan fingerprint density at radius 3 is 2.67 bits per heavy atom. The van der Waals surface area contributed by atoms with E-state index in [1.54, 1.807) is 30.3 Å². The second-order valence-electron chi connectivity index (χ2n) is 3.84. The van der Waals surface area contributed by atoms with Gasteiger partial charge >= 0.3 is 0 Å². The fourth-order valence-electron chi connectivity index (χ4n) is 1.85. The largest absolute Gasteiger partial charge is 0.338 e. The molecule has 80 valence electrons. The van der Waals surface area contributed by atoms with Crippen LogP contribution in [0.2, 0.25) is 0 Å². The summed E-state index contributed by atoms with van der Waals surface area (Å²) in [5, 5.41) is 0. The van der Waals surface area contributed by atoms with E-state index in [1.165, 1.54) is 4.57 Å². The molecule has 0 unspecified atom stereocenters. The maximum absolute atomic E-state index is 11.9. The van der Waals surface area contributed by atoms with Crippen molar-refractivity contribution in [2.24, 2.45) is 7.05 Å². The predicted molar refractivity (Wildman–Crippen MR) is 56.8 cm³/mol. The molecule has 1 amide bonds. The molecule has 1 fully saturated rings. The van der Waals surface area contributed by atoms with E-state index < -0.39 is 0 Å². The van der Waals surface area contributed by atoms with Crippen LogP contribution in [0.25, 0.3) is 0 Å². The van der Waals surface area contributed by atoms with Gasteiger partial charge in [0.15, 0.2) is 0 Å². The zero-order chi connectivity index (χ0) is 10.8. The summed E-state index contributed by atoms with van der Waals surface area (Å²) in [6, 6.07) is 3.33. The molecular formula is C11H14N2O2. The zero-order valence-corrected chi connectivity index (χ0v) is 8.77. The van der Waals surface area contributed by atoms with Gasteiger partial charge in [0.25, 0.3) is 11.5 Å². The van der Waals surface area contributed by atoms with Crippen molar-refractivity contribution in [1.29, 1.82) is 0 Å². The van der Waals surface area contributed by atoms with Crippen LogP contribution in [0.5, 0.6) is 0 Å². The van der Waals surface area contributed by atoms with Crippen molar-refractivity contribution in [3.05, 3.63) is 34.2 Å². The highest BCUT2D eigenvalue weighted by atomic mass is 16.2. The molecule has 1 aromatic heterocycles. The molecule has 0 saturated carbocycles. The van der Waals surface area contributed by atoms with Crippen LogP contribution >= 0.6 is 0 Å². The molecule has 0 aliphatic carbocycles. The van der Waals surface area contributed by atoms with Gasteiger partial charge in [0, 0.05) is 26.3 Å². The smallest absolute Gasteiger partial charge is 0.263 e. The summed E-state index contributed by atoms with van der Waals surface area (Å²) in [6.45, 7) is 1.55. The highest BCUT2D eigenvalue weighted by Crippen LogP contribution is 2.10. The van der Waals surface area contributed by atoms with Gasteiger partial charge in [-0.25, -0.2) is 0 Å². The van der Waals surface area contributed by atoms with Crippen LogP contribution in [0, 0.1) is 0 Å². The minimum atomic E-state index is -0.214. The SMILES string of the molecule is Cn1cccc(C(=O)N2CCCC2)c1=O. The summed E-state index contributed by atoms with van der Waals surface area (Å²) < 4.78 is 1.43. The third-order valence-electron chi connectivity index (χ3n) is 2.75. The summed E-state index contributed by atoms with van der Waals surface area (Å²) in [5.41, 5.74) is 0.0660. The molecule has 0 aromatic carbocycles. The Balaban J connectivity index is 2.33. The number of pyridine rings is 1. The summed E-state index contributed by atoms with van der Waals surface area (Å²) >= 11 is 0. The van der Waals surface area contributed by atoms with E-state index >= 15 is 0 Å². The molecule has 1 aliphatic rings. The van der Waals surface area contributed by atoms with Crippen molar-refractivity contribution >= 4 is 5.91 Å². The predicted octanol–water partition coefficient (Wildman–Crippen LogP) is 0.621. The average Bonchev–Trinajstić information content (AvgIpc) is 2.74. The van der Waals surface area contributed by atoms with E-state index in [0.717, 1.165) is 25.9 Å². The lowest BCUT2D eigenvalue weighted by molar-refractivity contribution is 0.0790. The van der Waals surface area contributed by atoms with Crippen molar-refractivity contribution in [3.8, 4) is 0 Å². The Hall–Kier alpha value is -1.58. The summed E-state index contributed by atoms with van der Waals surface area (Å²) in [5.74, 6) is -0.131. The molecule has 2 rings (SSSR count). The number of aromatic nitrogens is 1. The average molecular weight is 206 g/mol. The van der Waals surface area contributed by atoms with Crippen LogP contribution in [0.1, 0.15) is 23.2 Å². The van der Waals surface area contributed by atoms with E-state index in [1.807, 2.05) is 0 Å². The van der Waals surface area contributed by atoms with Gasteiger partial charge in [-0.05, 0) is 25.0 Å². The third-order valence-corrected chi connectivity index (χ3v) is 2.75. The lowest BCUT2D eigenvalue weighted by atomic mass is 10.2.